The molecule has 0 aliphatic carbocycles. The van der Waals surface area contributed by atoms with Crippen LogP contribution in [-0.2, 0) is 13.0 Å². The van der Waals surface area contributed by atoms with Crippen LogP contribution in [0.4, 0.5) is 0 Å². The number of nitrogens with zero attached hydrogens (tertiary/aromatic N) is 2. The Hall–Kier alpha value is -2.06. The highest BCUT2D eigenvalue weighted by Crippen LogP contribution is 2.28. The largest absolute Gasteiger partial charge is 0.337 e. The van der Waals surface area contributed by atoms with Crippen molar-refractivity contribution in [2.24, 2.45) is 0 Å². The average Bonchev–Trinajstić information content (AvgIpc) is 3.02. The molecule has 0 saturated heterocycles. The second kappa shape index (κ2) is 6.80. The fourth-order valence-electron chi connectivity index (χ4n) is 2.90. The number of hydrogen-bond acceptors (Lipinski definition) is 1. The number of imidazole rings is 1. The molecule has 3 aromatic rings. The summed E-state index contributed by atoms with van der Waals surface area (Å²) in [5.41, 5.74) is 3.88. The third kappa shape index (κ3) is 3.40. The standard InChI is InChI=1S/C19H19ClN2/c1-15-6-2-4-8-18(15)17(13-22-11-10-21-14-22)12-16-7-3-5-9-19(16)20/h2-11,14,17H,12-13H2,1H3. The molecule has 0 radical (unpaired) electrons. The quantitative estimate of drug-likeness (QED) is 0.657. The molecule has 112 valence electrons. The van der Waals surface area contributed by atoms with Gasteiger partial charge in [-0.3, -0.25) is 0 Å². The van der Waals surface area contributed by atoms with Crippen LogP contribution in [0.15, 0.2) is 67.3 Å². The van der Waals surface area contributed by atoms with Gasteiger partial charge in [-0.05, 0) is 36.1 Å². The first-order chi connectivity index (χ1) is 10.7. The second-order valence-electron chi connectivity index (χ2n) is 5.61. The first kappa shape index (κ1) is 14.9. The van der Waals surface area contributed by atoms with Gasteiger partial charge in [0.2, 0.25) is 0 Å². The lowest BCUT2D eigenvalue weighted by molar-refractivity contribution is 0.554. The summed E-state index contributed by atoms with van der Waals surface area (Å²) in [4.78, 5) is 4.15. The van der Waals surface area contributed by atoms with Gasteiger partial charge in [0.05, 0.1) is 6.33 Å². The topological polar surface area (TPSA) is 17.8 Å². The lowest BCUT2D eigenvalue weighted by Crippen LogP contribution is -2.12. The average molecular weight is 311 g/mol. The van der Waals surface area contributed by atoms with Gasteiger partial charge in [-0.1, -0.05) is 54.1 Å². The molecule has 1 unspecified atom stereocenters. The number of halogens is 1. The lowest BCUT2D eigenvalue weighted by Gasteiger charge is -2.21. The Morgan fingerprint density at radius 2 is 1.86 bits per heavy atom. The summed E-state index contributed by atoms with van der Waals surface area (Å²) in [5.74, 6) is 0.371. The van der Waals surface area contributed by atoms with E-state index in [1.54, 1.807) is 0 Å². The van der Waals surface area contributed by atoms with E-state index in [1.165, 1.54) is 16.7 Å². The van der Waals surface area contributed by atoms with Crippen LogP contribution in [-0.4, -0.2) is 9.55 Å². The van der Waals surface area contributed by atoms with Gasteiger partial charge in [-0.25, -0.2) is 4.98 Å². The van der Waals surface area contributed by atoms with E-state index in [1.807, 2.05) is 36.9 Å². The Morgan fingerprint density at radius 1 is 1.09 bits per heavy atom. The Balaban J connectivity index is 1.92. The fraction of sp³-hybridized carbons (Fsp3) is 0.211. The number of rotatable bonds is 5. The highest BCUT2D eigenvalue weighted by Gasteiger charge is 2.16. The number of aryl methyl sites for hydroxylation is 1. The molecule has 1 aromatic heterocycles. The molecular weight excluding hydrogens is 292 g/mol. The molecule has 2 nitrogen and oxygen atoms in total. The predicted octanol–water partition coefficient (Wildman–Crippen LogP) is 4.87. The van der Waals surface area contributed by atoms with E-state index in [-0.39, 0.29) is 0 Å². The SMILES string of the molecule is Cc1ccccc1C(Cc1ccccc1Cl)Cn1ccnc1. The zero-order valence-corrected chi connectivity index (χ0v) is 13.4. The van der Waals surface area contributed by atoms with Crippen LogP contribution in [0.3, 0.4) is 0 Å². The molecule has 3 rings (SSSR count). The zero-order valence-electron chi connectivity index (χ0n) is 12.6. The molecule has 22 heavy (non-hydrogen) atoms. The highest BCUT2D eigenvalue weighted by molar-refractivity contribution is 6.31. The van der Waals surface area contributed by atoms with Crippen molar-refractivity contribution in [3.8, 4) is 0 Å². The van der Waals surface area contributed by atoms with Crippen LogP contribution >= 0.6 is 11.6 Å². The fourth-order valence-corrected chi connectivity index (χ4v) is 3.11. The number of hydrogen-bond donors (Lipinski definition) is 0. The van der Waals surface area contributed by atoms with E-state index in [2.05, 4.69) is 46.8 Å². The molecule has 1 heterocycles. The van der Waals surface area contributed by atoms with Gasteiger partial charge in [0.1, 0.15) is 0 Å². The minimum Gasteiger partial charge on any atom is -0.337 e. The van der Waals surface area contributed by atoms with Gasteiger partial charge in [0.15, 0.2) is 0 Å². The first-order valence-electron chi connectivity index (χ1n) is 7.48. The molecular formula is C19H19ClN2. The van der Waals surface area contributed by atoms with E-state index in [4.69, 9.17) is 11.6 Å². The Kier molecular flexibility index (Phi) is 4.59. The Morgan fingerprint density at radius 3 is 2.59 bits per heavy atom. The maximum atomic E-state index is 6.36. The van der Waals surface area contributed by atoms with Crippen molar-refractivity contribution in [2.45, 2.75) is 25.8 Å². The predicted molar refractivity (Wildman–Crippen MR) is 91.3 cm³/mol. The van der Waals surface area contributed by atoms with E-state index < -0.39 is 0 Å². The molecule has 1 atom stereocenters. The summed E-state index contributed by atoms with van der Waals surface area (Å²) in [6, 6.07) is 16.7. The van der Waals surface area contributed by atoms with Gasteiger partial charge < -0.3 is 4.57 Å². The van der Waals surface area contributed by atoms with Gasteiger partial charge in [-0.15, -0.1) is 0 Å². The van der Waals surface area contributed by atoms with Crippen molar-refractivity contribution in [3.63, 3.8) is 0 Å². The summed E-state index contributed by atoms with van der Waals surface area (Å²) in [7, 11) is 0. The monoisotopic (exact) mass is 310 g/mol. The van der Waals surface area contributed by atoms with Gasteiger partial charge in [0.25, 0.3) is 0 Å². The van der Waals surface area contributed by atoms with E-state index in [0.717, 1.165) is 18.0 Å². The molecule has 0 amide bonds. The third-order valence-corrected chi connectivity index (χ3v) is 4.41. The maximum absolute atomic E-state index is 6.36. The highest BCUT2D eigenvalue weighted by atomic mass is 35.5. The molecule has 0 N–H and O–H groups in total. The summed E-state index contributed by atoms with van der Waals surface area (Å²) < 4.78 is 2.13. The second-order valence-corrected chi connectivity index (χ2v) is 6.02. The zero-order chi connectivity index (χ0) is 15.4. The van der Waals surface area contributed by atoms with Crippen LogP contribution in [0, 0.1) is 6.92 Å². The van der Waals surface area contributed by atoms with Crippen molar-refractivity contribution < 1.29 is 0 Å². The smallest absolute Gasteiger partial charge is 0.0946 e. The van der Waals surface area contributed by atoms with Crippen molar-refractivity contribution in [2.75, 3.05) is 0 Å². The normalized spacial score (nSPS) is 12.3. The summed E-state index contributed by atoms with van der Waals surface area (Å²) >= 11 is 6.36. The van der Waals surface area contributed by atoms with Crippen LogP contribution in [0.5, 0.6) is 0 Å². The molecule has 0 saturated carbocycles. The minimum atomic E-state index is 0.371. The molecule has 0 aliphatic heterocycles. The van der Waals surface area contributed by atoms with Gasteiger partial charge in [0, 0.05) is 29.9 Å². The molecule has 3 heteroatoms. The molecule has 0 fully saturated rings. The van der Waals surface area contributed by atoms with Crippen molar-refractivity contribution in [3.05, 3.63) is 89.0 Å². The van der Waals surface area contributed by atoms with Crippen LogP contribution in [0.25, 0.3) is 0 Å². The minimum absolute atomic E-state index is 0.371. The van der Waals surface area contributed by atoms with E-state index in [9.17, 15) is 0 Å². The Labute approximate surface area is 136 Å². The lowest BCUT2D eigenvalue weighted by atomic mass is 9.89. The summed E-state index contributed by atoms with van der Waals surface area (Å²) in [6.45, 7) is 3.07. The van der Waals surface area contributed by atoms with Gasteiger partial charge in [-0.2, -0.15) is 0 Å². The summed E-state index contributed by atoms with van der Waals surface area (Å²) in [6.07, 6.45) is 6.63. The van der Waals surface area contributed by atoms with Crippen molar-refractivity contribution in [1.29, 1.82) is 0 Å². The van der Waals surface area contributed by atoms with E-state index in [0.29, 0.717) is 5.92 Å². The maximum Gasteiger partial charge on any atom is 0.0946 e. The van der Waals surface area contributed by atoms with Crippen molar-refractivity contribution in [1.82, 2.24) is 9.55 Å². The van der Waals surface area contributed by atoms with Crippen LogP contribution in [0.1, 0.15) is 22.6 Å². The molecule has 0 spiro atoms. The van der Waals surface area contributed by atoms with Gasteiger partial charge >= 0.3 is 0 Å². The number of aromatic nitrogens is 2. The van der Waals surface area contributed by atoms with Crippen molar-refractivity contribution >= 4 is 11.6 Å². The summed E-state index contributed by atoms with van der Waals surface area (Å²) in [5, 5.41) is 0.840. The molecule has 0 bridgehead atoms. The van der Waals surface area contributed by atoms with Crippen LogP contribution < -0.4 is 0 Å². The number of benzene rings is 2. The van der Waals surface area contributed by atoms with E-state index >= 15 is 0 Å². The van der Waals surface area contributed by atoms with Crippen LogP contribution in [0.2, 0.25) is 5.02 Å². The first-order valence-corrected chi connectivity index (χ1v) is 7.86. The Bertz CT molecular complexity index is 735. The molecule has 2 aromatic carbocycles. The molecule has 0 aliphatic rings. The third-order valence-electron chi connectivity index (χ3n) is 4.04.